The van der Waals surface area contributed by atoms with Crippen LogP contribution in [0.15, 0.2) is 36.8 Å². The normalized spacial score (nSPS) is 11.9. The first-order valence-electron chi connectivity index (χ1n) is 10.9. The van der Waals surface area contributed by atoms with Crippen LogP contribution in [0.25, 0.3) is 0 Å². The number of nitrogens with one attached hydrogen (secondary N) is 4. The minimum atomic E-state index is -4.20. The molecule has 38 heavy (non-hydrogen) atoms. The molecule has 18 heteroatoms. The number of nitrogens with zero attached hydrogens (tertiary/aromatic N) is 6. The predicted molar refractivity (Wildman–Crippen MR) is 136 cm³/mol. The summed E-state index contributed by atoms with van der Waals surface area (Å²) >= 11 is 0. The van der Waals surface area contributed by atoms with Gasteiger partial charge < -0.3 is 41.3 Å². The van der Waals surface area contributed by atoms with Crippen LogP contribution in [-0.2, 0) is 10.1 Å². The number of aliphatic hydroxyl groups is 3. The van der Waals surface area contributed by atoms with Gasteiger partial charge in [0.2, 0.25) is 23.8 Å². The van der Waals surface area contributed by atoms with Gasteiger partial charge >= 0.3 is 6.01 Å². The van der Waals surface area contributed by atoms with Crippen molar-refractivity contribution < 1.29 is 33.0 Å². The highest BCUT2D eigenvalue weighted by molar-refractivity contribution is 7.85. The lowest BCUT2D eigenvalue weighted by molar-refractivity contribution is 0.105. The van der Waals surface area contributed by atoms with Crippen molar-refractivity contribution in [2.75, 3.05) is 46.7 Å². The van der Waals surface area contributed by atoms with Crippen LogP contribution in [0.1, 0.15) is 5.82 Å². The summed E-state index contributed by atoms with van der Waals surface area (Å²) in [6.45, 7) is 4.12. The zero-order valence-corrected chi connectivity index (χ0v) is 20.8. The topological polar surface area (TPSA) is 250 Å². The minimum Gasteiger partial charge on any atom is -0.481 e. The van der Waals surface area contributed by atoms with Crippen molar-refractivity contribution in [3.63, 3.8) is 0 Å². The number of ether oxygens (including phenoxy) is 1. The van der Waals surface area contributed by atoms with E-state index in [0.29, 0.717) is 17.2 Å². The maximum atomic E-state index is 11.0. The number of aromatic nitrogens is 6. The molecule has 2 aromatic heterocycles. The van der Waals surface area contributed by atoms with E-state index >= 15 is 0 Å². The largest absolute Gasteiger partial charge is 0.481 e. The lowest BCUT2D eigenvalue weighted by atomic mass is 10.3. The number of rotatable bonds is 14. The molecule has 1 aromatic carbocycles. The molecule has 0 aliphatic carbocycles. The fraction of sp³-hybridized carbons (Fsp3) is 0.300. The minimum absolute atomic E-state index is 0.0138. The van der Waals surface area contributed by atoms with Gasteiger partial charge in [0.15, 0.2) is 0 Å². The van der Waals surface area contributed by atoms with Gasteiger partial charge in [-0.15, -0.1) is 0 Å². The third-order valence-electron chi connectivity index (χ3n) is 4.30. The van der Waals surface area contributed by atoms with E-state index in [-0.39, 0.29) is 42.9 Å². The summed E-state index contributed by atoms with van der Waals surface area (Å²) in [5.74, 6) is -0.602. The van der Waals surface area contributed by atoms with Crippen LogP contribution in [-0.4, -0.2) is 89.7 Å². The molecule has 0 saturated heterocycles. The molecule has 17 nitrogen and oxygen atoms in total. The average Bonchev–Trinajstić information content (AvgIpc) is 2.81. The van der Waals surface area contributed by atoms with E-state index in [2.05, 4.69) is 57.7 Å². The van der Waals surface area contributed by atoms with E-state index in [1.54, 1.807) is 31.2 Å². The van der Waals surface area contributed by atoms with Crippen LogP contribution >= 0.6 is 0 Å². The van der Waals surface area contributed by atoms with E-state index in [9.17, 15) is 18.6 Å². The van der Waals surface area contributed by atoms with Gasteiger partial charge in [0.1, 0.15) is 5.82 Å². The molecule has 0 bridgehead atoms. The molecule has 0 aliphatic rings. The number of aryl methyl sites for hydroxylation is 1. The number of benzene rings is 1. The molecule has 1 atom stereocenters. The maximum Gasteiger partial charge on any atom is 0.329 e. The Morgan fingerprint density at radius 1 is 1.00 bits per heavy atom. The van der Waals surface area contributed by atoms with Gasteiger partial charge in [-0.3, -0.25) is 4.55 Å². The lowest BCUT2D eigenvalue weighted by Crippen LogP contribution is -2.24. The zero-order chi connectivity index (χ0) is 27.7. The highest BCUT2D eigenvalue weighted by atomic mass is 32.2. The van der Waals surface area contributed by atoms with Gasteiger partial charge in [0, 0.05) is 24.5 Å². The van der Waals surface area contributed by atoms with Crippen molar-refractivity contribution >= 4 is 45.3 Å². The molecular weight excluding hydrogens is 524 g/mol. The highest BCUT2D eigenvalue weighted by Gasteiger charge is 2.12. The SMILES string of the molecule is C=C(O)Oc1nc(C)nc(Nc2cccc(Nc3nc(NCCS(=O)(=O)O)nc(NCC(O)CO)n3)c2)n1. The molecule has 0 aliphatic heterocycles. The molecule has 0 fully saturated rings. The Balaban J connectivity index is 1.79. The third kappa shape index (κ3) is 9.58. The monoisotopic (exact) mass is 550 g/mol. The average molecular weight is 551 g/mol. The standard InChI is InChI=1S/C20H26N10O7S/c1-11-23-18(30-20(24-11)37-12(2)32)25-13-4-3-5-14(8-13)26-19-28-16(21-6-7-38(34,35)36)27-17(29-19)22-9-15(33)10-31/h3-5,8,15,31-33H,2,6-7,9-10H2,1H3,(H,34,35,36)(H,23,24,25,30)(H3,21,22,26,27,28,29). The first-order valence-corrected chi connectivity index (χ1v) is 12.5. The summed E-state index contributed by atoms with van der Waals surface area (Å²) < 4.78 is 35.9. The molecule has 8 N–H and O–H groups in total. The van der Waals surface area contributed by atoms with Crippen LogP contribution in [0.5, 0.6) is 6.01 Å². The zero-order valence-electron chi connectivity index (χ0n) is 20.0. The summed E-state index contributed by atoms with van der Waals surface area (Å²) in [5.41, 5.74) is 1.08. The Labute approximate surface area is 216 Å². The van der Waals surface area contributed by atoms with Crippen molar-refractivity contribution in [3.8, 4) is 6.01 Å². The summed E-state index contributed by atoms with van der Waals surface area (Å²) in [7, 11) is -4.20. The van der Waals surface area contributed by atoms with Crippen molar-refractivity contribution in [2.45, 2.75) is 13.0 Å². The van der Waals surface area contributed by atoms with Crippen LogP contribution in [0.4, 0.5) is 35.2 Å². The van der Waals surface area contributed by atoms with E-state index in [4.69, 9.17) is 14.4 Å². The molecule has 1 unspecified atom stereocenters. The van der Waals surface area contributed by atoms with E-state index in [1.807, 2.05) is 0 Å². The number of hydrogen-bond donors (Lipinski definition) is 8. The molecule has 2 heterocycles. The van der Waals surface area contributed by atoms with Gasteiger partial charge in [0.25, 0.3) is 16.1 Å². The lowest BCUT2D eigenvalue weighted by Gasteiger charge is -2.13. The predicted octanol–water partition coefficient (Wildman–Crippen LogP) is 0.325. The van der Waals surface area contributed by atoms with Gasteiger partial charge in [-0.05, 0) is 31.7 Å². The molecule has 0 spiro atoms. The Bertz CT molecular complexity index is 1380. The second-order valence-electron chi connectivity index (χ2n) is 7.55. The summed E-state index contributed by atoms with van der Waals surface area (Å²) in [6.07, 6.45) is -1.07. The first kappa shape index (κ1) is 28.2. The second-order valence-corrected chi connectivity index (χ2v) is 9.12. The molecule has 0 saturated carbocycles. The van der Waals surface area contributed by atoms with Crippen LogP contribution in [0.2, 0.25) is 0 Å². The van der Waals surface area contributed by atoms with Crippen LogP contribution < -0.4 is 26.0 Å². The fourth-order valence-corrected chi connectivity index (χ4v) is 3.11. The quantitative estimate of drug-likeness (QED) is 0.0993. The maximum absolute atomic E-state index is 11.0. The van der Waals surface area contributed by atoms with Gasteiger partial charge in [-0.1, -0.05) is 6.07 Å². The van der Waals surface area contributed by atoms with Crippen molar-refractivity contribution in [2.24, 2.45) is 0 Å². The third-order valence-corrected chi connectivity index (χ3v) is 5.02. The van der Waals surface area contributed by atoms with Crippen molar-refractivity contribution in [3.05, 3.63) is 42.6 Å². The van der Waals surface area contributed by atoms with Crippen LogP contribution in [0.3, 0.4) is 0 Å². The van der Waals surface area contributed by atoms with Gasteiger partial charge in [-0.25, -0.2) is 0 Å². The van der Waals surface area contributed by atoms with Gasteiger partial charge in [-0.2, -0.15) is 38.3 Å². The van der Waals surface area contributed by atoms with Crippen LogP contribution in [0, 0.1) is 6.92 Å². The molecule has 3 rings (SSSR count). The van der Waals surface area contributed by atoms with Crippen molar-refractivity contribution in [1.82, 2.24) is 29.9 Å². The van der Waals surface area contributed by atoms with Crippen molar-refractivity contribution in [1.29, 1.82) is 0 Å². The second kappa shape index (κ2) is 12.7. The summed E-state index contributed by atoms with van der Waals surface area (Å²) in [6, 6.07) is 6.70. The summed E-state index contributed by atoms with van der Waals surface area (Å²) in [5, 5.41) is 39.2. The Morgan fingerprint density at radius 3 is 2.21 bits per heavy atom. The summed E-state index contributed by atoms with van der Waals surface area (Å²) in [4.78, 5) is 24.6. The Hall–Kier alpha value is -4.39. The number of aliphatic hydroxyl groups excluding tert-OH is 3. The first-order chi connectivity index (χ1) is 18.0. The Kier molecular flexibility index (Phi) is 9.44. The molecular formula is C20H26N10O7S. The number of hydrogen-bond acceptors (Lipinski definition) is 16. The van der Waals surface area contributed by atoms with E-state index in [0.717, 1.165) is 0 Å². The molecule has 3 aromatic rings. The van der Waals surface area contributed by atoms with E-state index in [1.165, 1.54) is 0 Å². The number of anilines is 6. The molecule has 0 amide bonds. The highest BCUT2D eigenvalue weighted by Crippen LogP contribution is 2.22. The Morgan fingerprint density at radius 2 is 1.61 bits per heavy atom. The van der Waals surface area contributed by atoms with E-state index < -0.39 is 34.5 Å². The van der Waals surface area contributed by atoms with Gasteiger partial charge in [0.05, 0.1) is 18.5 Å². The fourth-order valence-electron chi connectivity index (χ4n) is 2.75. The smallest absolute Gasteiger partial charge is 0.329 e. The molecule has 204 valence electrons. The molecule has 0 radical (unpaired) electrons.